The van der Waals surface area contributed by atoms with Crippen LogP contribution in [-0.4, -0.2) is 0 Å². The molecule has 0 fully saturated rings. The zero-order valence-electron chi connectivity index (χ0n) is 58.5. The Hall–Kier alpha value is -11.5. The van der Waals surface area contributed by atoms with Gasteiger partial charge in [0.15, 0.2) is 0 Å². The smallest absolute Gasteiger partial charge is 0.0464 e. The van der Waals surface area contributed by atoms with Gasteiger partial charge in [-0.1, -0.05) is 270 Å². The van der Waals surface area contributed by atoms with Crippen LogP contribution in [0.3, 0.4) is 0 Å². The monoisotopic (exact) mass is 1300 g/mol. The summed E-state index contributed by atoms with van der Waals surface area (Å²) in [6.45, 7) is 10.7. The third-order valence-corrected chi connectivity index (χ3v) is 19.1. The quantitative estimate of drug-likeness (QED) is 0.0893. The summed E-state index contributed by atoms with van der Waals surface area (Å²) in [7, 11) is 0. The van der Waals surface area contributed by atoms with E-state index in [1.165, 1.54) is 186 Å². The third-order valence-electron chi connectivity index (χ3n) is 19.1. The van der Waals surface area contributed by atoms with Crippen LogP contribution in [0.25, 0.3) is 29.4 Å². The highest BCUT2D eigenvalue weighted by atomic mass is 15.1. The van der Waals surface area contributed by atoms with E-state index >= 15 is 0 Å². The molecule has 2 aliphatic carbocycles. The number of aryl methyl sites for hydroxylation is 9. The summed E-state index contributed by atoms with van der Waals surface area (Å²) in [6, 6.07) is 118. The number of para-hydroxylation sites is 2. The lowest BCUT2D eigenvalue weighted by Crippen LogP contribution is -2.11. The molecule has 3 heteroatoms. The molecular weight excluding hydrogens is 1210 g/mol. The van der Waals surface area contributed by atoms with E-state index in [2.05, 4.69) is 401 Å². The fourth-order valence-electron chi connectivity index (χ4n) is 13.6. The maximum absolute atomic E-state index is 2.41. The van der Waals surface area contributed by atoms with Gasteiger partial charge in [0.25, 0.3) is 0 Å². The van der Waals surface area contributed by atoms with Gasteiger partial charge in [-0.05, 0) is 256 Å². The van der Waals surface area contributed by atoms with E-state index < -0.39 is 0 Å². The van der Waals surface area contributed by atoms with Crippen molar-refractivity contribution in [2.24, 2.45) is 0 Å². The van der Waals surface area contributed by atoms with Crippen molar-refractivity contribution in [3.63, 3.8) is 0 Å². The molecule has 0 radical (unpaired) electrons. The number of anilines is 8. The first-order valence-electron chi connectivity index (χ1n) is 35.6. The summed E-state index contributed by atoms with van der Waals surface area (Å²) in [5, 5.41) is 0. The van der Waals surface area contributed by atoms with Crippen LogP contribution in [-0.2, 0) is 25.7 Å². The summed E-state index contributed by atoms with van der Waals surface area (Å²) in [5.41, 5.74) is 32.8. The number of rotatable bonds is 16. The topological polar surface area (TPSA) is 9.72 Å². The fourth-order valence-corrected chi connectivity index (χ4v) is 13.6. The van der Waals surface area contributed by atoms with Gasteiger partial charge in [-0.25, -0.2) is 0 Å². The Morgan fingerprint density at radius 3 is 0.960 bits per heavy atom. The molecule has 492 valence electrons. The van der Waals surface area contributed by atoms with Gasteiger partial charge in [0, 0.05) is 57.3 Å². The van der Waals surface area contributed by atoms with Crippen LogP contribution in [0.2, 0.25) is 0 Å². The maximum atomic E-state index is 2.41. The van der Waals surface area contributed by atoms with Crippen LogP contribution in [0.15, 0.2) is 334 Å². The van der Waals surface area contributed by atoms with E-state index in [9.17, 15) is 0 Å². The zero-order chi connectivity index (χ0) is 68.4. The average Bonchev–Trinajstić information content (AvgIpc) is 0.802. The number of hydrogen-bond acceptors (Lipinski definition) is 3. The van der Waals surface area contributed by atoms with Crippen molar-refractivity contribution in [1.29, 1.82) is 0 Å². The summed E-state index contributed by atoms with van der Waals surface area (Å²) in [4.78, 5) is 7.01. The van der Waals surface area contributed by atoms with E-state index in [1.54, 1.807) is 0 Å². The molecule has 13 aromatic rings. The van der Waals surface area contributed by atoms with Crippen molar-refractivity contribution in [2.75, 3.05) is 14.7 Å². The van der Waals surface area contributed by atoms with E-state index in [0.29, 0.717) is 0 Å². The standard InChI is InChI=1S/C38H35N.C31H29N.C28H25N/c1-28-10-8-14-33(24-28)38(34-15-9-11-29(2)25-34)26-30-18-21-36(22-19-30)39(35-16-4-3-5-17-35)37-23-20-31-12-6-7-13-32(31)27-37;1-24-11-13-25(14-12-24)15-16-26-17-20-30(21-18-26)32(29-9-3-2-4-10-29)31-22-19-27-7-5-6-8-28(27)23-31;1-22-13-17-26(18-14-22)29(27-19-15-23(2)16-20-27)21-28(24-9-5-3-6-10-24)25-11-7-4-8-12-25/h3-5,8-11,14-27H,6-7,12-13H2,1-2H3;2-4,9-23H,5-8H2,1H3;3-21H,1-2H3. The highest BCUT2D eigenvalue weighted by molar-refractivity contribution is 5.92. The molecule has 0 atom stereocenters. The number of nitrogens with zero attached hydrogens (tertiary/aromatic N) is 3. The Morgan fingerprint density at radius 2 is 0.560 bits per heavy atom. The molecule has 0 spiro atoms. The summed E-state index contributed by atoms with van der Waals surface area (Å²) in [5.74, 6) is 0. The minimum absolute atomic E-state index is 1.14. The van der Waals surface area contributed by atoms with Gasteiger partial charge in [0.1, 0.15) is 0 Å². The van der Waals surface area contributed by atoms with Crippen molar-refractivity contribution in [3.8, 4) is 0 Å². The van der Waals surface area contributed by atoms with Crippen molar-refractivity contribution < 1.29 is 0 Å². The third kappa shape index (κ3) is 17.2. The Balaban J connectivity index is 0.000000136. The highest BCUT2D eigenvalue weighted by Crippen LogP contribution is 2.40. The lowest BCUT2D eigenvalue weighted by molar-refractivity contribution is 0.685. The Bertz CT molecular complexity index is 4740. The first kappa shape index (κ1) is 67.1. The number of fused-ring (bicyclic) bond motifs is 2. The van der Waals surface area contributed by atoms with Gasteiger partial charge < -0.3 is 14.7 Å². The summed E-state index contributed by atoms with van der Waals surface area (Å²) in [6.07, 6.45) is 18.9. The molecule has 0 bridgehead atoms. The van der Waals surface area contributed by atoms with Crippen LogP contribution in [0.4, 0.5) is 45.5 Å². The van der Waals surface area contributed by atoms with Gasteiger partial charge in [-0.3, -0.25) is 0 Å². The maximum Gasteiger partial charge on any atom is 0.0464 e. The van der Waals surface area contributed by atoms with Crippen LogP contribution in [0.5, 0.6) is 0 Å². The molecule has 100 heavy (non-hydrogen) atoms. The van der Waals surface area contributed by atoms with Crippen LogP contribution >= 0.6 is 0 Å². The molecule has 2 aliphatic rings. The van der Waals surface area contributed by atoms with Crippen molar-refractivity contribution in [1.82, 2.24) is 0 Å². The largest absolute Gasteiger partial charge is 0.317 e. The van der Waals surface area contributed by atoms with Crippen molar-refractivity contribution in [2.45, 2.75) is 86.0 Å². The zero-order valence-corrected chi connectivity index (χ0v) is 58.5. The molecule has 0 unspecified atom stereocenters. The Morgan fingerprint density at radius 1 is 0.240 bits per heavy atom. The normalized spacial score (nSPS) is 12.1. The van der Waals surface area contributed by atoms with E-state index in [4.69, 9.17) is 0 Å². The van der Waals surface area contributed by atoms with Crippen LogP contribution in [0.1, 0.15) is 115 Å². The van der Waals surface area contributed by atoms with Gasteiger partial charge in [0.05, 0.1) is 0 Å². The SMILES string of the molecule is Cc1ccc(C=Cc2ccc(N(c3ccccc3)c3ccc4c(c3)CCCC4)cc2)cc1.Cc1ccc(N(C=C(c2ccccc2)c2ccccc2)c2ccc(C)cc2)cc1.Cc1cccc(C(=Cc2ccc(N(c3ccccc3)c3ccc4c(c3)CCCC4)cc2)c2cccc(C)c2)c1. The fraction of sp³-hybridized carbons (Fsp3) is 0.134. The second kappa shape index (κ2) is 32.7. The number of hydrogen-bond donors (Lipinski definition) is 0. The Labute approximate surface area is 594 Å². The Kier molecular flexibility index (Phi) is 21.9. The molecule has 13 aromatic carbocycles. The molecular formula is C97H89N3. The summed E-state index contributed by atoms with van der Waals surface area (Å²) < 4.78 is 0. The van der Waals surface area contributed by atoms with Crippen LogP contribution in [0, 0.1) is 34.6 Å². The predicted octanol–water partition coefficient (Wildman–Crippen LogP) is 26.3. The van der Waals surface area contributed by atoms with Gasteiger partial charge in [0.2, 0.25) is 0 Å². The van der Waals surface area contributed by atoms with E-state index in [1.807, 2.05) is 0 Å². The molecule has 0 aliphatic heterocycles. The molecule has 0 amide bonds. The minimum atomic E-state index is 1.14. The highest BCUT2D eigenvalue weighted by Gasteiger charge is 2.19. The van der Waals surface area contributed by atoms with E-state index in [-0.39, 0.29) is 0 Å². The van der Waals surface area contributed by atoms with Gasteiger partial charge in [-0.15, -0.1) is 0 Å². The van der Waals surface area contributed by atoms with Crippen LogP contribution < -0.4 is 14.7 Å². The van der Waals surface area contributed by atoms with Crippen molar-refractivity contribution >= 4 is 74.9 Å². The van der Waals surface area contributed by atoms with E-state index in [0.717, 1.165) is 11.4 Å². The van der Waals surface area contributed by atoms with Gasteiger partial charge in [-0.2, -0.15) is 0 Å². The molecule has 0 N–H and O–H groups in total. The summed E-state index contributed by atoms with van der Waals surface area (Å²) >= 11 is 0. The van der Waals surface area contributed by atoms with Crippen molar-refractivity contribution in [3.05, 3.63) is 423 Å². The van der Waals surface area contributed by atoms with Gasteiger partial charge >= 0.3 is 0 Å². The number of benzene rings is 13. The molecule has 0 aromatic heterocycles. The molecule has 0 saturated carbocycles. The second-order valence-corrected chi connectivity index (χ2v) is 26.7. The molecule has 3 nitrogen and oxygen atoms in total. The first-order valence-corrected chi connectivity index (χ1v) is 35.6. The lowest BCUT2D eigenvalue weighted by Gasteiger charge is -2.27. The molecule has 15 rings (SSSR count). The minimum Gasteiger partial charge on any atom is -0.317 e. The molecule has 0 heterocycles. The lowest BCUT2D eigenvalue weighted by atomic mass is 9.91. The first-order chi connectivity index (χ1) is 49.1. The average molecular weight is 1300 g/mol. The predicted molar refractivity (Wildman–Crippen MR) is 429 cm³/mol. The second-order valence-electron chi connectivity index (χ2n) is 26.7. The molecule has 0 saturated heterocycles.